The smallest absolute Gasteiger partial charge is 0.347 e. The van der Waals surface area contributed by atoms with Crippen LogP contribution in [0.25, 0.3) is 10.6 Å². The molecule has 0 atom stereocenters. The summed E-state index contributed by atoms with van der Waals surface area (Å²) in [7, 11) is 0. The molecule has 146 valence electrons. The predicted octanol–water partition coefficient (Wildman–Crippen LogP) is 5.20. The molecule has 1 heterocycles. The fourth-order valence-corrected chi connectivity index (χ4v) is 3.80. The molecular weight excluding hydrogens is 374 g/mol. The lowest BCUT2D eigenvalue weighted by atomic mass is 10.1. The lowest BCUT2D eigenvalue weighted by Gasteiger charge is -2.13. The second-order valence-corrected chi connectivity index (χ2v) is 7.67. The standard InChI is InChI=1S/C22H23NO4S/c1-13-10-14(2)15(3)19(11-13)27-9-8-26-18-7-5-6-17(12-18)21-23-16(4)20(28-21)22(24)25/h5-7,10-12H,8-9H2,1-4H3,(H,24,25). The van der Waals surface area contributed by atoms with Crippen LogP contribution in [0, 0.1) is 27.7 Å². The zero-order chi connectivity index (χ0) is 20.3. The van der Waals surface area contributed by atoms with E-state index in [9.17, 15) is 9.90 Å². The molecule has 0 aliphatic heterocycles. The van der Waals surface area contributed by atoms with E-state index in [4.69, 9.17) is 9.47 Å². The van der Waals surface area contributed by atoms with E-state index in [-0.39, 0.29) is 4.88 Å². The number of ether oxygens (including phenoxy) is 2. The van der Waals surface area contributed by atoms with Crippen LogP contribution < -0.4 is 9.47 Å². The van der Waals surface area contributed by atoms with Crippen LogP contribution in [0.3, 0.4) is 0 Å². The Balaban J connectivity index is 1.63. The van der Waals surface area contributed by atoms with Crippen LogP contribution >= 0.6 is 11.3 Å². The molecule has 3 rings (SSSR count). The van der Waals surface area contributed by atoms with Crippen molar-refractivity contribution in [2.45, 2.75) is 27.7 Å². The molecule has 0 radical (unpaired) electrons. The second kappa shape index (κ2) is 8.44. The van der Waals surface area contributed by atoms with Crippen molar-refractivity contribution in [3.8, 4) is 22.1 Å². The summed E-state index contributed by atoms with van der Waals surface area (Å²) in [6.07, 6.45) is 0. The number of thiazole rings is 1. The lowest BCUT2D eigenvalue weighted by Crippen LogP contribution is -2.10. The molecule has 1 N–H and O–H groups in total. The SMILES string of the molecule is Cc1cc(C)c(C)c(OCCOc2cccc(-c3nc(C)c(C(=O)O)s3)c2)c1. The summed E-state index contributed by atoms with van der Waals surface area (Å²) < 4.78 is 11.7. The van der Waals surface area contributed by atoms with Crippen molar-refractivity contribution in [1.82, 2.24) is 4.98 Å². The molecule has 0 saturated heterocycles. The van der Waals surface area contributed by atoms with Gasteiger partial charge in [-0.15, -0.1) is 11.3 Å². The topological polar surface area (TPSA) is 68.7 Å². The van der Waals surface area contributed by atoms with Crippen LogP contribution in [0.4, 0.5) is 0 Å². The Hall–Kier alpha value is -2.86. The number of rotatable bonds is 7. The molecule has 28 heavy (non-hydrogen) atoms. The van der Waals surface area contributed by atoms with Crippen LogP contribution in [-0.4, -0.2) is 29.3 Å². The van der Waals surface area contributed by atoms with Gasteiger partial charge in [0.25, 0.3) is 0 Å². The normalized spacial score (nSPS) is 10.7. The third-order valence-corrected chi connectivity index (χ3v) is 5.64. The van der Waals surface area contributed by atoms with Crippen LogP contribution in [-0.2, 0) is 0 Å². The first-order valence-corrected chi connectivity index (χ1v) is 9.81. The first kappa shape index (κ1) is 19.9. The zero-order valence-electron chi connectivity index (χ0n) is 16.4. The van der Waals surface area contributed by atoms with Crippen molar-refractivity contribution in [2.75, 3.05) is 13.2 Å². The molecule has 0 fully saturated rings. The Morgan fingerprint density at radius 1 is 1.07 bits per heavy atom. The molecule has 3 aromatic rings. The average Bonchev–Trinajstić information content (AvgIpc) is 3.05. The number of hydrogen-bond donors (Lipinski definition) is 1. The van der Waals surface area contributed by atoms with Gasteiger partial charge in [0.1, 0.15) is 34.6 Å². The number of nitrogens with zero attached hydrogens (tertiary/aromatic N) is 1. The summed E-state index contributed by atoms with van der Waals surface area (Å²) in [4.78, 5) is 15.8. The molecule has 5 nitrogen and oxygen atoms in total. The number of benzene rings is 2. The van der Waals surface area contributed by atoms with Crippen LogP contribution in [0.5, 0.6) is 11.5 Å². The second-order valence-electron chi connectivity index (χ2n) is 6.67. The minimum Gasteiger partial charge on any atom is -0.490 e. The van der Waals surface area contributed by atoms with Gasteiger partial charge in [0.05, 0.1) is 5.69 Å². The number of aryl methyl sites for hydroxylation is 3. The molecule has 2 aromatic carbocycles. The number of hydrogen-bond acceptors (Lipinski definition) is 5. The Labute approximate surface area is 168 Å². The lowest BCUT2D eigenvalue weighted by molar-refractivity contribution is 0.0701. The van der Waals surface area contributed by atoms with Crippen LogP contribution in [0.15, 0.2) is 36.4 Å². The van der Waals surface area contributed by atoms with Gasteiger partial charge < -0.3 is 14.6 Å². The van der Waals surface area contributed by atoms with Crippen molar-refractivity contribution < 1.29 is 19.4 Å². The highest BCUT2D eigenvalue weighted by Crippen LogP contribution is 2.30. The largest absolute Gasteiger partial charge is 0.490 e. The fraction of sp³-hybridized carbons (Fsp3) is 0.273. The van der Waals surface area contributed by atoms with E-state index >= 15 is 0 Å². The summed E-state index contributed by atoms with van der Waals surface area (Å²) in [5.41, 5.74) is 4.88. The highest BCUT2D eigenvalue weighted by Gasteiger charge is 2.15. The molecule has 0 unspecified atom stereocenters. The Morgan fingerprint density at radius 2 is 1.82 bits per heavy atom. The Kier molecular flexibility index (Phi) is 5.99. The average molecular weight is 397 g/mol. The highest BCUT2D eigenvalue weighted by molar-refractivity contribution is 7.17. The van der Waals surface area contributed by atoms with E-state index in [1.54, 1.807) is 6.92 Å². The molecular formula is C22H23NO4S. The zero-order valence-corrected chi connectivity index (χ0v) is 17.2. The van der Waals surface area contributed by atoms with Crippen LogP contribution in [0.1, 0.15) is 32.1 Å². The monoisotopic (exact) mass is 397 g/mol. The summed E-state index contributed by atoms with van der Waals surface area (Å²) in [5.74, 6) is 0.629. The Bertz CT molecular complexity index is 1010. The van der Waals surface area contributed by atoms with Gasteiger partial charge in [0.15, 0.2) is 0 Å². The van der Waals surface area contributed by atoms with Gasteiger partial charge in [-0.25, -0.2) is 9.78 Å². The van der Waals surface area contributed by atoms with E-state index in [0.29, 0.717) is 29.7 Å². The van der Waals surface area contributed by atoms with E-state index in [1.165, 1.54) is 22.5 Å². The molecule has 1 aromatic heterocycles. The minimum atomic E-state index is -0.951. The maximum Gasteiger partial charge on any atom is 0.347 e. The van der Waals surface area contributed by atoms with Crippen molar-refractivity contribution >= 4 is 17.3 Å². The van der Waals surface area contributed by atoms with E-state index in [1.807, 2.05) is 30.3 Å². The third-order valence-electron chi connectivity index (χ3n) is 4.45. The molecule has 0 aliphatic rings. The quantitative estimate of drug-likeness (QED) is 0.555. The van der Waals surface area contributed by atoms with Gasteiger partial charge >= 0.3 is 5.97 Å². The van der Waals surface area contributed by atoms with E-state index < -0.39 is 5.97 Å². The van der Waals surface area contributed by atoms with Crippen molar-refractivity contribution in [1.29, 1.82) is 0 Å². The summed E-state index contributed by atoms with van der Waals surface area (Å²) >= 11 is 1.17. The van der Waals surface area contributed by atoms with Gasteiger partial charge in [-0.05, 0) is 62.6 Å². The first-order chi connectivity index (χ1) is 13.3. The van der Waals surface area contributed by atoms with Crippen molar-refractivity contribution in [2.24, 2.45) is 0 Å². The molecule has 6 heteroatoms. The number of carboxylic acid groups (broad SMARTS) is 1. The van der Waals surface area contributed by atoms with Gasteiger partial charge in [0, 0.05) is 5.56 Å². The van der Waals surface area contributed by atoms with Gasteiger partial charge in [-0.2, -0.15) is 0 Å². The highest BCUT2D eigenvalue weighted by atomic mass is 32.1. The number of aromatic carboxylic acids is 1. The van der Waals surface area contributed by atoms with Crippen molar-refractivity contribution in [3.05, 3.63) is 63.7 Å². The molecule has 0 aliphatic carbocycles. The summed E-state index contributed by atoms with van der Waals surface area (Å²) in [6, 6.07) is 11.7. The van der Waals surface area contributed by atoms with Crippen molar-refractivity contribution in [3.63, 3.8) is 0 Å². The molecule has 0 amide bonds. The maximum absolute atomic E-state index is 11.2. The van der Waals surface area contributed by atoms with E-state index in [2.05, 4.69) is 31.8 Å². The number of carboxylic acids is 1. The van der Waals surface area contributed by atoms with Crippen LogP contribution in [0.2, 0.25) is 0 Å². The fourth-order valence-electron chi connectivity index (χ4n) is 2.90. The number of aromatic nitrogens is 1. The number of carbonyl (C=O) groups is 1. The van der Waals surface area contributed by atoms with Gasteiger partial charge in [-0.1, -0.05) is 18.2 Å². The predicted molar refractivity (Wildman–Crippen MR) is 111 cm³/mol. The van der Waals surface area contributed by atoms with Gasteiger partial charge in [0.2, 0.25) is 0 Å². The summed E-state index contributed by atoms with van der Waals surface area (Å²) in [5, 5.41) is 9.87. The Morgan fingerprint density at radius 3 is 2.54 bits per heavy atom. The van der Waals surface area contributed by atoms with Gasteiger partial charge in [-0.3, -0.25) is 0 Å². The molecule has 0 spiro atoms. The minimum absolute atomic E-state index is 0.263. The first-order valence-electron chi connectivity index (χ1n) is 8.99. The van der Waals surface area contributed by atoms with E-state index in [0.717, 1.165) is 16.9 Å². The maximum atomic E-state index is 11.2. The summed E-state index contributed by atoms with van der Waals surface area (Å²) in [6.45, 7) is 8.73. The third kappa shape index (κ3) is 4.51. The molecule has 0 saturated carbocycles. The molecule has 0 bridgehead atoms.